The Kier molecular flexibility index (Phi) is 4.56. The van der Waals surface area contributed by atoms with Gasteiger partial charge >= 0.3 is 6.18 Å². The predicted octanol–water partition coefficient (Wildman–Crippen LogP) is 3.08. The van der Waals surface area contributed by atoms with E-state index in [1.165, 1.54) is 6.07 Å². The lowest BCUT2D eigenvalue weighted by Gasteiger charge is -2.34. The highest BCUT2D eigenvalue weighted by Crippen LogP contribution is 2.32. The van der Waals surface area contributed by atoms with Gasteiger partial charge in [0.15, 0.2) is 0 Å². The van der Waals surface area contributed by atoms with Crippen molar-refractivity contribution in [1.82, 2.24) is 14.9 Å². The van der Waals surface area contributed by atoms with Crippen molar-refractivity contribution < 1.29 is 17.9 Å². The Morgan fingerprint density at radius 1 is 1.21 bits per heavy atom. The van der Waals surface area contributed by atoms with E-state index < -0.39 is 12.0 Å². The van der Waals surface area contributed by atoms with Crippen LogP contribution >= 0.6 is 0 Å². The molecule has 1 aromatic rings. The number of aromatic nitrogens is 2. The van der Waals surface area contributed by atoms with Gasteiger partial charge in [-0.2, -0.15) is 18.2 Å². The van der Waals surface area contributed by atoms with Gasteiger partial charge in [-0.1, -0.05) is 6.58 Å². The van der Waals surface area contributed by atoms with Crippen LogP contribution in [0.1, 0.15) is 32.0 Å². The molecule has 3 heterocycles. The van der Waals surface area contributed by atoms with Gasteiger partial charge in [0, 0.05) is 50.8 Å². The maximum atomic E-state index is 13.0. The molecule has 2 aliphatic heterocycles. The minimum absolute atomic E-state index is 0.00741. The van der Waals surface area contributed by atoms with Gasteiger partial charge in [-0.3, -0.25) is 0 Å². The second kappa shape index (κ2) is 6.49. The first kappa shape index (κ1) is 16.9. The van der Waals surface area contributed by atoms with Crippen LogP contribution in [0, 0.1) is 0 Å². The van der Waals surface area contributed by atoms with E-state index in [0.717, 1.165) is 38.0 Å². The first-order valence-electron chi connectivity index (χ1n) is 8.11. The molecule has 5 nitrogen and oxygen atoms in total. The van der Waals surface area contributed by atoms with Crippen molar-refractivity contribution in [2.45, 2.75) is 38.5 Å². The normalized spacial score (nSPS) is 19.2. The van der Waals surface area contributed by atoms with E-state index in [1.807, 2.05) is 6.92 Å². The molecule has 2 aliphatic rings. The molecule has 0 aliphatic carbocycles. The average molecular weight is 342 g/mol. The summed E-state index contributed by atoms with van der Waals surface area (Å²) in [6.07, 6.45) is -2.29. The topological polar surface area (TPSA) is 41.5 Å². The number of allylic oxidation sites excluding steroid dienone is 1. The molecule has 0 spiro atoms. The third-order valence-corrected chi connectivity index (χ3v) is 4.39. The summed E-state index contributed by atoms with van der Waals surface area (Å²) in [5.74, 6) is -0.841. The minimum atomic E-state index is -4.58. The predicted molar refractivity (Wildman–Crippen MR) is 83.9 cm³/mol. The van der Waals surface area contributed by atoms with Gasteiger partial charge in [0.25, 0.3) is 0 Å². The lowest BCUT2D eigenvalue weighted by atomic mass is 10.1. The SMILES string of the molecule is C=C(C)N1CCC(Oc2cc(N3CCC3)nc(C(F)(F)F)n2)CC1. The average Bonchev–Trinajstić information content (AvgIpc) is 2.45. The Balaban J connectivity index is 1.74. The van der Waals surface area contributed by atoms with Gasteiger partial charge in [0.05, 0.1) is 0 Å². The summed E-state index contributed by atoms with van der Waals surface area (Å²) in [4.78, 5) is 11.2. The van der Waals surface area contributed by atoms with Crippen molar-refractivity contribution in [3.63, 3.8) is 0 Å². The number of nitrogens with zero attached hydrogens (tertiary/aromatic N) is 4. The van der Waals surface area contributed by atoms with Gasteiger partial charge < -0.3 is 14.5 Å². The molecule has 0 saturated carbocycles. The number of anilines is 1. The summed E-state index contributed by atoms with van der Waals surface area (Å²) in [6, 6.07) is 1.51. The van der Waals surface area contributed by atoms with Gasteiger partial charge in [0.2, 0.25) is 11.7 Å². The molecule has 1 aromatic heterocycles. The van der Waals surface area contributed by atoms with Crippen LogP contribution in [0.5, 0.6) is 5.88 Å². The zero-order valence-electron chi connectivity index (χ0n) is 13.6. The quantitative estimate of drug-likeness (QED) is 0.841. The van der Waals surface area contributed by atoms with E-state index in [0.29, 0.717) is 13.1 Å². The second-order valence-corrected chi connectivity index (χ2v) is 6.27. The maximum absolute atomic E-state index is 13.0. The summed E-state index contributed by atoms with van der Waals surface area (Å²) >= 11 is 0. The number of rotatable bonds is 4. The summed E-state index contributed by atoms with van der Waals surface area (Å²) < 4.78 is 44.9. The summed E-state index contributed by atoms with van der Waals surface area (Å²) in [5, 5.41) is 0. The van der Waals surface area contributed by atoms with Crippen molar-refractivity contribution in [1.29, 1.82) is 0 Å². The standard InChI is InChI=1S/C16H21F3N4O/c1-11(2)22-8-4-12(5-9-22)24-14-10-13(23-6-3-7-23)20-15(21-14)16(17,18)19/h10,12H,1,3-9H2,2H3. The third-order valence-electron chi connectivity index (χ3n) is 4.39. The smallest absolute Gasteiger partial charge is 0.451 e. The second-order valence-electron chi connectivity index (χ2n) is 6.27. The van der Waals surface area contributed by atoms with Crippen LogP contribution in [0.4, 0.5) is 19.0 Å². The fourth-order valence-electron chi connectivity index (χ4n) is 2.83. The molecule has 0 unspecified atom stereocenters. The van der Waals surface area contributed by atoms with Crippen LogP contribution in [0.3, 0.4) is 0 Å². The number of piperidine rings is 1. The van der Waals surface area contributed by atoms with Gasteiger partial charge in [-0.05, 0) is 13.3 Å². The molecular weight excluding hydrogens is 321 g/mol. The van der Waals surface area contributed by atoms with Crippen molar-refractivity contribution in [3.8, 4) is 5.88 Å². The molecule has 0 aromatic carbocycles. The fourth-order valence-corrected chi connectivity index (χ4v) is 2.83. The Morgan fingerprint density at radius 3 is 2.38 bits per heavy atom. The molecule has 0 bridgehead atoms. The molecule has 2 fully saturated rings. The number of alkyl halides is 3. The molecule has 0 N–H and O–H groups in total. The zero-order chi connectivity index (χ0) is 17.3. The molecule has 24 heavy (non-hydrogen) atoms. The third kappa shape index (κ3) is 3.73. The molecule has 132 valence electrons. The van der Waals surface area contributed by atoms with Crippen LogP contribution in [-0.2, 0) is 6.18 Å². The summed E-state index contributed by atoms with van der Waals surface area (Å²) in [6.45, 7) is 8.85. The lowest BCUT2D eigenvalue weighted by molar-refractivity contribution is -0.145. The molecule has 0 amide bonds. The zero-order valence-corrected chi connectivity index (χ0v) is 13.6. The van der Waals surface area contributed by atoms with Crippen molar-refractivity contribution in [3.05, 3.63) is 24.2 Å². The number of halogens is 3. The Morgan fingerprint density at radius 2 is 1.88 bits per heavy atom. The molecular formula is C16H21F3N4O. The Hall–Kier alpha value is -1.99. The minimum Gasteiger partial charge on any atom is -0.474 e. The summed E-state index contributed by atoms with van der Waals surface area (Å²) in [5.41, 5.74) is 0.995. The van der Waals surface area contributed by atoms with E-state index in [4.69, 9.17) is 4.74 Å². The molecule has 0 atom stereocenters. The first-order chi connectivity index (χ1) is 11.3. The van der Waals surface area contributed by atoms with E-state index in [1.54, 1.807) is 4.90 Å². The molecule has 8 heteroatoms. The highest BCUT2D eigenvalue weighted by Gasteiger charge is 2.37. The van der Waals surface area contributed by atoms with Crippen LogP contribution in [0.25, 0.3) is 0 Å². The van der Waals surface area contributed by atoms with Crippen LogP contribution in [0.2, 0.25) is 0 Å². The fraction of sp³-hybridized carbons (Fsp3) is 0.625. The summed E-state index contributed by atoms with van der Waals surface area (Å²) in [7, 11) is 0. The monoisotopic (exact) mass is 342 g/mol. The highest BCUT2D eigenvalue weighted by molar-refractivity contribution is 5.44. The first-order valence-corrected chi connectivity index (χ1v) is 8.11. The highest BCUT2D eigenvalue weighted by atomic mass is 19.4. The molecule has 2 saturated heterocycles. The Bertz CT molecular complexity index is 608. The van der Waals surface area contributed by atoms with Crippen LogP contribution < -0.4 is 9.64 Å². The number of ether oxygens (including phenoxy) is 1. The Labute approximate surface area is 139 Å². The van der Waals surface area contributed by atoms with Crippen molar-refractivity contribution in [2.24, 2.45) is 0 Å². The van der Waals surface area contributed by atoms with E-state index in [2.05, 4.69) is 21.4 Å². The largest absolute Gasteiger partial charge is 0.474 e. The number of hydrogen-bond acceptors (Lipinski definition) is 5. The molecule has 0 radical (unpaired) electrons. The van der Waals surface area contributed by atoms with E-state index >= 15 is 0 Å². The van der Waals surface area contributed by atoms with E-state index in [-0.39, 0.29) is 17.8 Å². The van der Waals surface area contributed by atoms with E-state index in [9.17, 15) is 13.2 Å². The maximum Gasteiger partial charge on any atom is 0.451 e. The van der Waals surface area contributed by atoms with Crippen LogP contribution in [-0.4, -0.2) is 47.2 Å². The van der Waals surface area contributed by atoms with Crippen LogP contribution in [0.15, 0.2) is 18.3 Å². The van der Waals surface area contributed by atoms with Gasteiger partial charge in [-0.15, -0.1) is 0 Å². The van der Waals surface area contributed by atoms with Gasteiger partial charge in [0.1, 0.15) is 11.9 Å². The lowest BCUT2D eigenvalue weighted by Crippen LogP contribution is -2.38. The van der Waals surface area contributed by atoms with Crippen molar-refractivity contribution >= 4 is 5.82 Å². The van der Waals surface area contributed by atoms with Gasteiger partial charge in [-0.25, -0.2) is 4.98 Å². The number of hydrogen-bond donors (Lipinski definition) is 0. The van der Waals surface area contributed by atoms with Crippen molar-refractivity contribution in [2.75, 3.05) is 31.1 Å². The molecule has 3 rings (SSSR count). The number of likely N-dealkylation sites (tertiary alicyclic amines) is 1.